The molecule has 0 unspecified atom stereocenters. The molecule has 0 aliphatic carbocycles. The maximum absolute atomic E-state index is 9.33. The van der Waals surface area contributed by atoms with E-state index in [0.717, 1.165) is 17.7 Å². The Morgan fingerprint density at radius 3 is 2.82 bits per heavy atom. The number of aryl methyl sites for hydroxylation is 2. The third kappa shape index (κ3) is 2.15. The number of hydrogen-bond donors (Lipinski definition) is 2. The average Bonchev–Trinajstić information content (AvgIpc) is 1.98. The van der Waals surface area contributed by atoms with E-state index in [-0.39, 0.29) is 0 Å². The standard InChI is InChI=1S/C9H12OS/c1-7-2-3-9(10)8(6-7)4-5-11/h2-3,6,10-11H,4-5H2,1H3. The first-order valence-electron chi connectivity index (χ1n) is 3.63. The minimum absolute atomic E-state index is 0.379. The summed E-state index contributed by atoms with van der Waals surface area (Å²) in [7, 11) is 0. The van der Waals surface area contributed by atoms with Crippen LogP contribution in [0.5, 0.6) is 5.75 Å². The zero-order valence-corrected chi connectivity index (χ0v) is 7.44. The van der Waals surface area contributed by atoms with Gasteiger partial charge < -0.3 is 5.11 Å². The number of phenols is 1. The molecule has 0 spiro atoms. The minimum Gasteiger partial charge on any atom is -0.508 e. The van der Waals surface area contributed by atoms with Crippen LogP contribution in [0.2, 0.25) is 0 Å². The molecule has 0 atom stereocenters. The number of hydrogen-bond acceptors (Lipinski definition) is 2. The van der Waals surface area contributed by atoms with Crippen LogP contribution >= 0.6 is 12.6 Å². The van der Waals surface area contributed by atoms with Crippen LogP contribution in [-0.2, 0) is 6.42 Å². The van der Waals surface area contributed by atoms with E-state index >= 15 is 0 Å². The molecule has 0 radical (unpaired) electrons. The maximum atomic E-state index is 9.33. The smallest absolute Gasteiger partial charge is 0.118 e. The molecule has 0 heterocycles. The van der Waals surface area contributed by atoms with Crippen LogP contribution in [0, 0.1) is 6.92 Å². The minimum atomic E-state index is 0.379. The Balaban J connectivity index is 2.93. The van der Waals surface area contributed by atoms with Gasteiger partial charge in [-0.3, -0.25) is 0 Å². The van der Waals surface area contributed by atoms with Crippen molar-refractivity contribution >= 4 is 12.6 Å². The average molecular weight is 168 g/mol. The number of thiol groups is 1. The van der Waals surface area contributed by atoms with E-state index in [9.17, 15) is 5.11 Å². The third-order valence-corrected chi connectivity index (χ3v) is 1.84. The lowest BCUT2D eigenvalue weighted by atomic mass is 10.1. The Bertz CT molecular complexity index is 245. The highest BCUT2D eigenvalue weighted by Crippen LogP contribution is 2.18. The zero-order valence-electron chi connectivity index (χ0n) is 6.54. The molecule has 0 bridgehead atoms. The molecule has 1 nitrogen and oxygen atoms in total. The first-order chi connectivity index (χ1) is 5.24. The van der Waals surface area contributed by atoms with Crippen molar-refractivity contribution in [3.63, 3.8) is 0 Å². The summed E-state index contributed by atoms with van der Waals surface area (Å²) in [6.45, 7) is 2.02. The van der Waals surface area contributed by atoms with E-state index in [0.29, 0.717) is 5.75 Å². The second-order valence-electron chi connectivity index (χ2n) is 2.61. The van der Waals surface area contributed by atoms with Crippen molar-refractivity contribution in [1.29, 1.82) is 0 Å². The number of aromatic hydroxyl groups is 1. The summed E-state index contributed by atoms with van der Waals surface area (Å²) in [6.07, 6.45) is 0.830. The van der Waals surface area contributed by atoms with Gasteiger partial charge in [0.05, 0.1) is 0 Å². The van der Waals surface area contributed by atoms with Gasteiger partial charge in [0.25, 0.3) is 0 Å². The molecule has 2 heteroatoms. The zero-order chi connectivity index (χ0) is 8.27. The summed E-state index contributed by atoms with van der Waals surface area (Å²) in [5, 5.41) is 9.33. The van der Waals surface area contributed by atoms with Crippen LogP contribution in [0.3, 0.4) is 0 Å². The highest BCUT2D eigenvalue weighted by molar-refractivity contribution is 7.80. The van der Waals surface area contributed by atoms with E-state index in [4.69, 9.17) is 0 Å². The van der Waals surface area contributed by atoms with Gasteiger partial charge in [0.15, 0.2) is 0 Å². The van der Waals surface area contributed by atoms with Crippen LogP contribution in [-0.4, -0.2) is 10.9 Å². The molecule has 0 aromatic heterocycles. The van der Waals surface area contributed by atoms with Crippen molar-refractivity contribution in [2.24, 2.45) is 0 Å². The van der Waals surface area contributed by atoms with E-state index in [1.165, 1.54) is 5.56 Å². The predicted molar refractivity (Wildman–Crippen MR) is 50.4 cm³/mol. The van der Waals surface area contributed by atoms with Crippen LogP contribution in [0.4, 0.5) is 0 Å². The van der Waals surface area contributed by atoms with Crippen molar-refractivity contribution in [2.45, 2.75) is 13.3 Å². The molecule has 0 aliphatic heterocycles. The lowest BCUT2D eigenvalue weighted by Gasteiger charge is -2.02. The Morgan fingerprint density at radius 1 is 1.45 bits per heavy atom. The van der Waals surface area contributed by atoms with E-state index in [1.807, 2.05) is 19.1 Å². The van der Waals surface area contributed by atoms with Crippen LogP contribution in [0.15, 0.2) is 18.2 Å². The molecular weight excluding hydrogens is 156 g/mol. The van der Waals surface area contributed by atoms with Crippen molar-refractivity contribution < 1.29 is 5.11 Å². The quantitative estimate of drug-likeness (QED) is 0.648. The molecule has 1 aromatic rings. The number of phenolic OH excluding ortho intramolecular Hbond substituents is 1. The first-order valence-corrected chi connectivity index (χ1v) is 4.26. The Morgan fingerprint density at radius 2 is 2.18 bits per heavy atom. The largest absolute Gasteiger partial charge is 0.508 e. The van der Waals surface area contributed by atoms with Gasteiger partial charge in [0.1, 0.15) is 5.75 Å². The van der Waals surface area contributed by atoms with Gasteiger partial charge >= 0.3 is 0 Å². The lowest BCUT2D eigenvalue weighted by molar-refractivity contribution is 0.469. The molecule has 1 N–H and O–H groups in total. The molecule has 0 fully saturated rings. The van der Waals surface area contributed by atoms with Crippen LogP contribution in [0.25, 0.3) is 0 Å². The van der Waals surface area contributed by atoms with Crippen molar-refractivity contribution in [3.05, 3.63) is 29.3 Å². The fraction of sp³-hybridized carbons (Fsp3) is 0.333. The summed E-state index contributed by atoms with van der Waals surface area (Å²) in [5.74, 6) is 1.15. The van der Waals surface area contributed by atoms with Gasteiger partial charge in [0.2, 0.25) is 0 Å². The molecule has 0 saturated carbocycles. The summed E-state index contributed by atoms with van der Waals surface area (Å²) in [4.78, 5) is 0. The fourth-order valence-electron chi connectivity index (χ4n) is 1.03. The summed E-state index contributed by atoms with van der Waals surface area (Å²) in [6, 6.07) is 5.62. The van der Waals surface area contributed by atoms with E-state index in [1.54, 1.807) is 6.07 Å². The molecule has 0 aliphatic rings. The molecular formula is C9H12OS. The number of benzene rings is 1. The third-order valence-electron chi connectivity index (χ3n) is 1.62. The van der Waals surface area contributed by atoms with Gasteiger partial charge in [-0.05, 0) is 30.7 Å². The second kappa shape index (κ2) is 3.67. The Hall–Kier alpha value is -0.630. The molecule has 0 saturated heterocycles. The van der Waals surface area contributed by atoms with Gasteiger partial charge in [-0.25, -0.2) is 0 Å². The van der Waals surface area contributed by atoms with Crippen molar-refractivity contribution in [3.8, 4) is 5.75 Å². The molecule has 60 valence electrons. The van der Waals surface area contributed by atoms with Gasteiger partial charge in [-0.2, -0.15) is 12.6 Å². The Kier molecular flexibility index (Phi) is 2.83. The predicted octanol–water partition coefficient (Wildman–Crippen LogP) is 2.17. The van der Waals surface area contributed by atoms with Crippen LogP contribution in [0.1, 0.15) is 11.1 Å². The highest BCUT2D eigenvalue weighted by Gasteiger charge is 1.98. The van der Waals surface area contributed by atoms with Gasteiger partial charge in [-0.1, -0.05) is 17.7 Å². The molecule has 1 aromatic carbocycles. The highest BCUT2D eigenvalue weighted by atomic mass is 32.1. The molecule has 11 heavy (non-hydrogen) atoms. The van der Waals surface area contributed by atoms with Crippen molar-refractivity contribution in [1.82, 2.24) is 0 Å². The monoisotopic (exact) mass is 168 g/mol. The lowest BCUT2D eigenvalue weighted by Crippen LogP contribution is -1.87. The van der Waals surface area contributed by atoms with E-state index in [2.05, 4.69) is 12.6 Å². The molecule has 0 amide bonds. The second-order valence-corrected chi connectivity index (χ2v) is 3.05. The summed E-state index contributed by atoms with van der Waals surface area (Å²) in [5.41, 5.74) is 2.17. The fourth-order valence-corrected chi connectivity index (χ4v) is 1.28. The Labute approximate surface area is 72.5 Å². The van der Waals surface area contributed by atoms with Crippen molar-refractivity contribution in [2.75, 3.05) is 5.75 Å². The number of rotatable bonds is 2. The summed E-state index contributed by atoms with van der Waals surface area (Å²) >= 11 is 4.10. The van der Waals surface area contributed by atoms with Gasteiger partial charge in [0, 0.05) is 0 Å². The van der Waals surface area contributed by atoms with E-state index < -0.39 is 0 Å². The van der Waals surface area contributed by atoms with Gasteiger partial charge in [-0.15, -0.1) is 0 Å². The molecule has 1 rings (SSSR count). The maximum Gasteiger partial charge on any atom is 0.118 e. The SMILES string of the molecule is Cc1ccc(O)c(CCS)c1. The normalized spacial score (nSPS) is 10.0. The topological polar surface area (TPSA) is 20.2 Å². The first kappa shape index (κ1) is 8.47. The summed E-state index contributed by atoms with van der Waals surface area (Å²) < 4.78 is 0. The van der Waals surface area contributed by atoms with Crippen LogP contribution < -0.4 is 0 Å².